The Kier molecular flexibility index (Phi) is 10.9. The Morgan fingerprint density at radius 1 is 1.57 bits per heavy atom. The molecule has 0 heterocycles. The molecule has 0 bridgehead atoms. The summed E-state index contributed by atoms with van der Waals surface area (Å²) in [7, 11) is 1.86. The molecule has 0 aromatic heterocycles. The van der Waals surface area contributed by atoms with E-state index in [1.807, 2.05) is 7.05 Å². The predicted molar refractivity (Wildman–Crippen MR) is 29.0 cm³/mol. The predicted octanol–water partition coefficient (Wildman–Crippen LogP) is 1.79. The molecule has 0 saturated carbocycles. The van der Waals surface area contributed by atoms with Gasteiger partial charge in [0.25, 0.3) is 0 Å². The average molecular weight is 324 g/mol. The first-order valence-electron chi connectivity index (χ1n) is 2.40. The fourth-order valence-corrected chi connectivity index (χ4v) is 0.183. The van der Waals surface area contributed by atoms with Crippen LogP contribution in [0.15, 0.2) is 0 Å². The van der Waals surface area contributed by atoms with Crippen molar-refractivity contribution in [2.45, 2.75) is 26.3 Å². The fraction of sp³-hybridized carbons (Fsp3) is 1.00. The fourth-order valence-electron chi connectivity index (χ4n) is 0.183. The molecule has 0 spiro atoms. The molecule has 0 fully saturated rings. The van der Waals surface area contributed by atoms with Crippen molar-refractivity contribution >= 4 is 0 Å². The Labute approximate surface area is 69.6 Å². The van der Waals surface area contributed by atoms with E-state index >= 15 is 0 Å². The summed E-state index contributed by atoms with van der Waals surface area (Å²) in [6.45, 7) is 4.25. The van der Waals surface area contributed by atoms with Crippen LogP contribution in [-0.2, 0) is 0 Å². The van der Waals surface area contributed by atoms with Crippen molar-refractivity contribution in [1.82, 2.24) is 0 Å². The first-order chi connectivity index (χ1) is 2.81. The van der Waals surface area contributed by atoms with Gasteiger partial charge in [0.2, 0.25) is 0 Å². The molecule has 2 heteroatoms. The monoisotopic (exact) mass is 324 g/mol. The van der Waals surface area contributed by atoms with Gasteiger partial charge in [0.05, 0.1) is 0 Å². The zero-order valence-electron chi connectivity index (χ0n) is 5.23. The minimum absolute atomic E-state index is 0. The third kappa shape index (κ3) is 7.01. The molecule has 1 nitrogen and oxygen atoms in total. The third-order valence-corrected chi connectivity index (χ3v) is 1.03. The largest absolute Gasteiger partial charge is 0.662 e. The quantitative estimate of drug-likeness (QED) is 0.735. The second-order valence-electron chi connectivity index (χ2n) is 1.52. The van der Waals surface area contributed by atoms with Gasteiger partial charge < -0.3 is 5.32 Å². The van der Waals surface area contributed by atoms with Crippen LogP contribution in [0.3, 0.4) is 0 Å². The summed E-state index contributed by atoms with van der Waals surface area (Å²) in [6, 6.07) is 0.560. The number of hydrogen-bond donors (Lipinski definition) is 0. The number of hydrogen-bond acceptors (Lipinski definition) is 0. The van der Waals surface area contributed by atoms with Crippen molar-refractivity contribution in [3.63, 3.8) is 0 Å². The zero-order chi connectivity index (χ0) is 4.99. The van der Waals surface area contributed by atoms with Gasteiger partial charge in [0.1, 0.15) is 0 Å². The molecule has 0 rings (SSSR count). The van der Waals surface area contributed by atoms with Crippen LogP contribution in [0.4, 0.5) is 0 Å². The molecule has 7 heavy (non-hydrogen) atoms. The van der Waals surface area contributed by atoms with Crippen LogP contribution in [0, 0.1) is 31.1 Å². The zero-order valence-corrected chi connectivity index (χ0v) is 9.40. The van der Waals surface area contributed by atoms with Crippen LogP contribution in [-0.4, -0.2) is 13.1 Å². The molecule has 42 valence electrons. The molecule has 0 aromatic carbocycles. The van der Waals surface area contributed by atoms with Crippen LogP contribution >= 0.6 is 0 Å². The topological polar surface area (TPSA) is 14.1 Å². The van der Waals surface area contributed by atoms with Crippen LogP contribution < -0.4 is 0 Å². The van der Waals surface area contributed by atoms with Crippen LogP contribution in [0.25, 0.3) is 5.32 Å². The van der Waals surface area contributed by atoms with Gasteiger partial charge in [-0.1, -0.05) is 20.3 Å². The molecule has 1 unspecified atom stereocenters. The molecule has 0 saturated heterocycles. The second kappa shape index (κ2) is 7.01. The maximum atomic E-state index is 4.01. The SMILES string of the molecule is CCC(C)[N-]C.[U]. The van der Waals surface area contributed by atoms with Crippen molar-refractivity contribution in [1.29, 1.82) is 0 Å². The molecule has 0 radical (unpaired) electrons. The Hall–Kier alpha value is 1.01. The van der Waals surface area contributed by atoms with Gasteiger partial charge in [-0.15, -0.1) is 6.04 Å². The van der Waals surface area contributed by atoms with Crippen LogP contribution in [0.1, 0.15) is 20.3 Å². The Morgan fingerprint density at radius 2 is 2.00 bits per heavy atom. The van der Waals surface area contributed by atoms with Crippen molar-refractivity contribution in [3.8, 4) is 0 Å². The first-order valence-corrected chi connectivity index (χ1v) is 2.40. The van der Waals surface area contributed by atoms with E-state index in [1.54, 1.807) is 0 Å². The van der Waals surface area contributed by atoms with E-state index in [0.29, 0.717) is 6.04 Å². The molecule has 0 aromatic rings. The second-order valence-corrected chi connectivity index (χ2v) is 1.52. The van der Waals surface area contributed by atoms with Gasteiger partial charge in [-0.3, -0.25) is 0 Å². The maximum Gasteiger partial charge on any atom is 0 e. The summed E-state index contributed by atoms with van der Waals surface area (Å²) in [6.07, 6.45) is 1.16. The molecule has 1 atom stereocenters. The first kappa shape index (κ1) is 10.9. The van der Waals surface area contributed by atoms with Gasteiger partial charge in [-0.05, 0) is 0 Å². The summed E-state index contributed by atoms with van der Waals surface area (Å²) in [5, 5.41) is 4.01. The van der Waals surface area contributed by atoms with Crippen molar-refractivity contribution < 1.29 is 31.1 Å². The summed E-state index contributed by atoms with van der Waals surface area (Å²) in [5.74, 6) is 0. The van der Waals surface area contributed by atoms with Gasteiger partial charge in [0, 0.05) is 31.1 Å². The van der Waals surface area contributed by atoms with Gasteiger partial charge in [-0.2, -0.15) is 7.05 Å². The minimum Gasteiger partial charge on any atom is -0.662 e. The molecule has 0 aliphatic heterocycles. The molecule has 0 aliphatic rings. The summed E-state index contributed by atoms with van der Waals surface area (Å²) in [4.78, 5) is 0. The maximum absolute atomic E-state index is 4.01. The molecular formula is C5H12NU-. The van der Waals surface area contributed by atoms with Crippen molar-refractivity contribution in [2.24, 2.45) is 0 Å². The summed E-state index contributed by atoms with van der Waals surface area (Å²) >= 11 is 0. The van der Waals surface area contributed by atoms with Gasteiger partial charge in [-0.25, -0.2) is 0 Å². The standard InChI is InChI=1S/C5H12N.U/c1-4-5(2)6-3;/h5H,4H2,1-3H3;/q-1;. The normalized spacial score (nSPS) is 12.4. The van der Waals surface area contributed by atoms with E-state index in [9.17, 15) is 0 Å². The molecule has 0 N–H and O–H groups in total. The van der Waals surface area contributed by atoms with Gasteiger partial charge in [0.15, 0.2) is 0 Å². The smallest absolute Gasteiger partial charge is 0 e. The van der Waals surface area contributed by atoms with E-state index in [4.69, 9.17) is 0 Å². The number of nitrogens with zero attached hydrogens (tertiary/aromatic N) is 1. The van der Waals surface area contributed by atoms with Crippen LogP contribution in [0.2, 0.25) is 0 Å². The van der Waals surface area contributed by atoms with E-state index in [-0.39, 0.29) is 31.1 Å². The Morgan fingerprint density at radius 3 is 2.00 bits per heavy atom. The van der Waals surface area contributed by atoms with Crippen LogP contribution in [0.5, 0.6) is 0 Å². The number of rotatable bonds is 2. The Bertz CT molecular complexity index is 27.3. The third-order valence-electron chi connectivity index (χ3n) is 1.03. The van der Waals surface area contributed by atoms with E-state index in [1.165, 1.54) is 0 Å². The summed E-state index contributed by atoms with van der Waals surface area (Å²) < 4.78 is 0. The van der Waals surface area contributed by atoms with Gasteiger partial charge >= 0.3 is 0 Å². The van der Waals surface area contributed by atoms with Crippen molar-refractivity contribution in [2.75, 3.05) is 7.05 Å². The molecule has 0 aliphatic carbocycles. The minimum atomic E-state index is 0. The van der Waals surface area contributed by atoms with E-state index < -0.39 is 0 Å². The van der Waals surface area contributed by atoms with E-state index in [2.05, 4.69) is 19.2 Å². The average Bonchev–Trinajstić information content (AvgIpc) is 1.65. The Balaban J connectivity index is 0. The van der Waals surface area contributed by atoms with Crippen molar-refractivity contribution in [3.05, 3.63) is 5.32 Å². The molecular weight excluding hydrogens is 312 g/mol. The van der Waals surface area contributed by atoms with E-state index in [0.717, 1.165) is 6.42 Å². The molecule has 0 amide bonds. The summed E-state index contributed by atoms with van der Waals surface area (Å²) in [5.41, 5.74) is 0.